The molecule has 1 fully saturated rings. The lowest BCUT2D eigenvalue weighted by atomic mass is 10.1. The largest absolute Gasteiger partial charge is 0.480 e. The molecule has 0 saturated heterocycles. The Bertz CT molecular complexity index is 322. The average Bonchev–Trinajstić information content (AvgIpc) is 2.91. The molecule has 7 heteroatoms. The maximum Gasteiger partial charge on any atom is 0.323 e. The van der Waals surface area contributed by atoms with E-state index in [1.54, 1.807) is 0 Å². The van der Waals surface area contributed by atoms with Gasteiger partial charge in [-0.2, -0.15) is 0 Å². The summed E-state index contributed by atoms with van der Waals surface area (Å²) in [6, 6.07) is -0.570. The van der Waals surface area contributed by atoms with Crippen molar-refractivity contribution in [3.8, 4) is 0 Å². The summed E-state index contributed by atoms with van der Waals surface area (Å²) in [6.07, 6.45) is 2.09. The number of carbonyl (C=O) groups excluding carboxylic acids is 2. The summed E-state index contributed by atoms with van der Waals surface area (Å²) < 4.78 is 0. The monoisotopic (exact) mass is 243 g/mol. The van der Waals surface area contributed by atoms with Crippen LogP contribution in [0.2, 0.25) is 0 Å². The van der Waals surface area contributed by atoms with Gasteiger partial charge in [0.15, 0.2) is 0 Å². The minimum atomic E-state index is -1.18. The van der Waals surface area contributed by atoms with Crippen LogP contribution in [0.3, 0.4) is 0 Å². The highest BCUT2D eigenvalue weighted by Crippen LogP contribution is 2.44. The number of nitrogens with one attached hydrogen (secondary N) is 1. The Morgan fingerprint density at radius 2 is 1.94 bits per heavy atom. The van der Waals surface area contributed by atoms with Crippen LogP contribution in [0.15, 0.2) is 0 Å². The predicted octanol–water partition coefficient (Wildman–Crippen LogP) is -0.632. The highest BCUT2D eigenvalue weighted by atomic mass is 16.4. The number of rotatable bonds is 6. The van der Waals surface area contributed by atoms with Crippen molar-refractivity contribution in [1.29, 1.82) is 0 Å². The van der Waals surface area contributed by atoms with E-state index in [0.29, 0.717) is 6.54 Å². The smallest absolute Gasteiger partial charge is 0.323 e. The van der Waals surface area contributed by atoms with Crippen LogP contribution in [-0.4, -0.2) is 47.5 Å². The molecular formula is C10H17N3O4. The van der Waals surface area contributed by atoms with Crippen LogP contribution < -0.4 is 11.1 Å². The molecule has 0 radical (unpaired) electrons. The van der Waals surface area contributed by atoms with E-state index < -0.39 is 31.0 Å². The van der Waals surface area contributed by atoms with E-state index in [4.69, 9.17) is 10.8 Å². The third-order valence-corrected chi connectivity index (χ3v) is 2.73. The second-order valence-corrected chi connectivity index (χ2v) is 4.69. The zero-order valence-corrected chi connectivity index (χ0v) is 9.73. The second kappa shape index (κ2) is 5.03. The van der Waals surface area contributed by atoms with Crippen molar-refractivity contribution in [2.75, 3.05) is 19.6 Å². The number of nitrogens with zero attached hydrogens (tertiary/aromatic N) is 1. The Morgan fingerprint density at radius 1 is 1.35 bits per heavy atom. The molecule has 1 aliphatic rings. The van der Waals surface area contributed by atoms with Crippen LogP contribution >= 0.6 is 0 Å². The predicted molar refractivity (Wildman–Crippen MR) is 59.1 cm³/mol. The Hall–Kier alpha value is -1.79. The molecule has 0 bridgehead atoms. The maximum atomic E-state index is 11.6. The van der Waals surface area contributed by atoms with E-state index in [1.807, 2.05) is 6.92 Å². The molecule has 0 aromatic carbocycles. The standard InChI is InChI=1S/C10H17N3O4/c1-10(2-3-10)6-12-9(17)13(4-7(11)14)5-8(15)16/h2-6H2,1H3,(H2,11,14)(H,12,17)(H,15,16). The van der Waals surface area contributed by atoms with Crippen molar-refractivity contribution in [2.24, 2.45) is 11.1 Å². The van der Waals surface area contributed by atoms with Crippen molar-refractivity contribution in [1.82, 2.24) is 10.2 Å². The number of carbonyl (C=O) groups is 3. The number of amides is 3. The van der Waals surface area contributed by atoms with Crippen molar-refractivity contribution < 1.29 is 19.5 Å². The van der Waals surface area contributed by atoms with Gasteiger partial charge in [0.1, 0.15) is 13.1 Å². The van der Waals surface area contributed by atoms with Gasteiger partial charge < -0.3 is 21.1 Å². The molecule has 0 aromatic heterocycles. The first-order valence-electron chi connectivity index (χ1n) is 5.35. The van der Waals surface area contributed by atoms with Gasteiger partial charge in [-0.1, -0.05) is 6.92 Å². The molecule has 1 saturated carbocycles. The summed E-state index contributed by atoms with van der Waals surface area (Å²) in [5, 5.41) is 11.2. The van der Waals surface area contributed by atoms with E-state index in [2.05, 4.69) is 5.32 Å². The van der Waals surface area contributed by atoms with E-state index in [-0.39, 0.29) is 5.41 Å². The molecule has 4 N–H and O–H groups in total. The summed E-state index contributed by atoms with van der Waals surface area (Å²) in [7, 11) is 0. The van der Waals surface area contributed by atoms with Crippen molar-refractivity contribution in [2.45, 2.75) is 19.8 Å². The molecule has 0 aliphatic heterocycles. The number of primary amides is 1. The summed E-state index contributed by atoms with van der Waals surface area (Å²) in [5.41, 5.74) is 5.07. The molecular weight excluding hydrogens is 226 g/mol. The normalized spacial score (nSPS) is 16.1. The van der Waals surface area contributed by atoms with Crippen molar-refractivity contribution in [3.63, 3.8) is 0 Å². The lowest BCUT2D eigenvalue weighted by molar-refractivity contribution is -0.137. The Balaban J connectivity index is 2.46. The summed E-state index contributed by atoms with van der Waals surface area (Å²) >= 11 is 0. The Labute approximate surface area is 98.9 Å². The Kier molecular flexibility index (Phi) is 3.93. The van der Waals surface area contributed by atoms with Crippen LogP contribution in [0.25, 0.3) is 0 Å². The second-order valence-electron chi connectivity index (χ2n) is 4.69. The zero-order valence-electron chi connectivity index (χ0n) is 9.73. The van der Waals surface area contributed by atoms with Gasteiger partial charge in [0, 0.05) is 6.54 Å². The first-order chi connectivity index (χ1) is 7.82. The van der Waals surface area contributed by atoms with E-state index in [1.165, 1.54) is 0 Å². The molecule has 1 rings (SSSR count). The van der Waals surface area contributed by atoms with Crippen molar-refractivity contribution >= 4 is 17.9 Å². The summed E-state index contributed by atoms with van der Waals surface area (Å²) in [5.74, 6) is -1.92. The van der Waals surface area contributed by atoms with Gasteiger partial charge in [0.2, 0.25) is 5.91 Å². The molecule has 17 heavy (non-hydrogen) atoms. The fourth-order valence-corrected chi connectivity index (χ4v) is 1.34. The van der Waals surface area contributed by atoms with Crippen LogP contribution in [0.4, 0.5) is 4.79 Å². The highest BCUT2D eigenvalue weighted by molar-refractivity contribution is 5.85. The topological polar surface area (TPSA) is 113 Å². The average molecular weight is 243 g/mol. The van der Waals surface area contributed by atoms with E-state index >= 15 is 0 Å². The molecule has 7 nitrogen and oxygen atoms in total. The van der Waals surface area contributed by atoms with Crippen molar-refractivity contribution in [3.05, 3.63) is 0 Å². The number of carboxylic acid groups (broad SMARTS) is 1. The molecule has 1 aliphatic carbocycles. The van der Waals surface area contributed by atoms with Crippen LogP contribution in [0, 0.1) is 5.41 Å². The third kappa shape index (κ3) is 4.71. The summed E-state index contributed by atoms with van der Waals surface area (Å²) in [6.45, 7) is 1.59. The minimum absolute atomic E-state index is 0.122. The van der Waals surface area contributed by atoms with Gasteiger partial charge >= 0.3 is 12.0 Å². The highest BCUT2D eigenvalue weighted by Gasteiger charge is 2.37. The van der Waals surface area contributed by atoms with Gasteiger partial charge in [-0.3, -0.25) is 9.59 Å². The SMILES string of the molecule is CC1(CNC(=O)N(CC(N)=O)CC(=O)O)CC1. The van der Waals surface area contributed by atoms with E-state index in [0.717, 1.165) is 17.7 Å². The quantitative estimate of drug-likeness (QED) is 0.576. The Morgan fingerprint density at radius 3 is 2.35 bits per heavy atom. The molecule has 0 aromatic rings. The van der Waals surface area contributed by atoms with Gasteiger partial charge in [0.25, 0.3) is 0 Å². The van der Waals surface area contributed by atoms with Crippen LogP contribution in [0.5, 0.6) is 0 Å². The number of carboxylic acids is 1. The van der Waals surface area contributed by atoms with Gasteiger partial charge in [0.05, 0.1) is 0 Å². The third-order valence-electron chi connectivity index (χ3n) is 2.73. The van der Waals surface area contributed by atoms with Gasteiger partial charge in [-0.05, 0) is 18.3 Å². The number of nitrogens with two attached hydrogens (primary N) is 1. The van der Waals surface area contributed by atoms with Gasteiger partial charge in [-0.25, -0.2) is 4.79 Å². The lowest BCUT2D eigenvalue weighted by Gasteiger charge is -2.20. The maximum absolute atomic E-state index is 11.6. The van der Waals surface area contributed by atoms with E-state index in [9.17, 15) is 14.4 Å². The minimum Gasteiger partial charge on any atom is -0.480 e. The fourth-order valence-electron chi connectivity index (χ4n) is 1.34. The molecule has 0 unspecified atom stereocenters. The zero-order chi connectivity index (χ0) is 13.1. The molecule has 0 spiro atoms. The number of hydrogen-bond donors (Lipinski definition) is 3. The molecule has 3 amide bonds. The van der Waals surface area contributed by atoms with Crippen LogP contribution in [-0.2, 0) is 9.59 Å². The molecule has 0 atom stereocenters. The van der Waals surface area contributed by atoms with Gasteiger partial charge in [-0.15, -0.1) is 0 Å². The molecule has 96 valence electrons. The fraction of sp³-hybridized carbons (Fsp3) is 0.700. The number of urea groups is 1. The lowest BCUT2D eigenvalue weighted by Crippen LogP contribution is -2.47. The number of aliphatic carboxylic acids is 1. The molecule has 0 heterocycles. The first kappa shape index (κ1) is 13.3. The summed E-state index contributed by atoms with van der Waals surface area (Å²) in [4.78, 5) is 33.8. The first-order valence-corrected chi connectivity index (χ1v) is 5.35. The van der Waals surface area contributed by atoms with Crippen LogP contribution in [0.1, 0.15) is 19.8 Å². The number of hydrogen-bond acceptors (Lipinski definition) is 3.